The molecule has 0 N–H and O–H groups in total. The zero-order valence-electron chi connectivity index (χ0n) is 13.2. The van der Waals surface area contributed by atoms with Crippen LogP contribution in [-0.4, -0.2) is 35.3 Å². The summed E-state index contributed by atoms with van der Waals surface area (Å²) >= 11 is 1.48. The van der Waals surface area contributed by atoms with Crippen LogP contribution in [0, 0.1) is 13.8 Å². The molecular weight excluding hydrogens is 304 g/mol. The minimum atomic E-state index is -0.717. The van der Waals surface area contributed by atoms with Crippen LogP contribution in [-0.2, 0) is 14.3 Å². The number of carbonyl (C=O) groups excluding carboxylic acids is 1. The third kappa shape index (κ3) is 3.20. The van der Waals surface area contributed by atoms with E-state index < -0.39 is 12.0 Å². The smallest absolute Gasteiger partial charge is 0.329 e. The summed E-state index contributed by atoms with van der Waals surface area (Å²) in [7, 11) is 0. The number of thiophene rings is 1. The molecule has 2 aromatic heterocycles. The Balaban J connectivity index is 2.23. The van der Waals surface area contributed by atoms with Crippen molar-refractivity contribution in [2.75, 3.05) is 19.8 Å². The van der Waals surface area contributed by atoms with Gasteiger partial charge in [0.15, 0.2) is 0 Å². The number of carbonyl (C=O) groups is 1. The lowest BCUT2D eigenvalue weighted by Gasteiger charge is -2.14. The second kappa shape index (κ2) is 7.02. The molecule has 0 aliphatic carbocycles. The van der Waals surface area contributed by atoms with Gasteiger partial charge >= 0.3 is 5.97 Å². The van der Waals surface area contributed by atoms with Crippen LogP contribution in [0.1, 0.15) is 30.3 Å². The predicted octanol–water partition coefficient (Wildman–Crippen LogP) is 2.22. The Bertz CT molecular complexity index is 735. The van der Waals surface area contributed by atoms with Crippen molar-refractivity contribution in [1.29, 1.82) is 0 Å². The third-order valence-electron chi connectivity index (χ3n) is 3.55. The van der Waals surface area contributed by atoms with Crippen molar-refractivity contribution in [3.63, 3.8) is 0 Å². The van der Waals surface area contributed by atoms with Gasteiger partial charge in [-0.3, -0.25) is 9.36 Å². The Labute approximate surface area is 132 Å². The topological polar surface area (TPSA) is 70.4 Å². The molecule has 0 aliphatic heterocycles. The number of nitrogens with zero attached hydrogens (tertiary/aromatic N) is 2. The first-order chi connectivity index (χ1) is 10.5. The van der Waals surface area contributed by atoms with Crippen LogP contribution >= 0.6 is 11.3 Å². The molecule has 0 unspecified atom stereocenters. The molecule has 2 aromatic rings. The lowest BCUT2D eigenvalue weighted by atomic mass is 10.2. The van der Waals surface area contributed by atoms with Gasteiger partial charge in [-0.05, 0) is 33.3 Å². The van der Waals surface area contributed by atoms with Crippen LogP contribution in [0.5, 0.6) is 0 Å². The van der Waals surface area contributed by atoms with Gasteiger partial charge in [0.25, 0.3) is 5.56 Å². The first-order valence-electron chi connectivity index (χ1n) is 7.18. The van der Waals surface area contributed by atoms with Gasteiger partial charge in [0.1, 0.15) is 17.5 Å². The summed E-state index contributed by atoms with van der Waals surface area (Å²) in [5, 5.41) is 0.582. The quantitative estimate of drug-likeness (QED) is 0.602. The molecule has 0 saturated carbocycles. The molecule has 0 spiro atoms. The van der Waals surface area contributed by atoms with Crippen molar-refractivity contribution in [1.82, 2.24) is 9.55 Å². The Hall–Kier alpha value is -1.73. The first kappa shape index (κ1) is 16.6. The molecule has 120 valence electrons. The molecule has 22 heavy (non-hydrogen) atoms. The highest BCUT2D eigenvalue weighted by Crippen LogP contribution is 2.25. The summed E-state index contributed by atoms with van der Waals surface area (Å²) in [6.07, 6.45) is 1.41. The number of rotatable bonds is 6. The zero-order valence-corrected chi connectivity index (χ0v) is 14.0. The van der Waals surface area contributed by atoms with Crippen molar-refractivity contribution < 1.29 is 14.3 Å². The SMILES string of the molecule is CCOCCOC(=O)[C@H](C)n1cnc2sc(C)c(C)c2c1=O. The van der Waals surface area contributed by atoms with Gasteiger partial charge in [0.05, 0.1) is 18.3 Å². The first-order valence-corrected chi connectivity index (χ1v) is 8.00. The van der Waals surface area contributed by atoms with Gasteiger partial charge in [-0.25, -0.2) is 9.78 Å². The van der Waals surface area contributed by atoms with E-state index in [1.165, 1.54) is 22.2 Å². The van der Waals surface area contributed by atoms with Gasteiger partial charge in [0.2, 0.25) is 0 Å². The molecule has 1 atom stereocenters. The fourth-order valence-electron chi connectivity index (χ4n) is 2.10. The predicted molar refractivity (Wildman–Crippen MR) is 85.5 cm³/mol. The van der Waals surface area contributed by atoms with Crippen molar-refractivity contribution in [2.24, 2.45) is 0 Å². The van der Waals surface area contributed by atoms with Crippen molar-refractivity contribution in [2.45, 2.75) is 33.7 Å². The van der Waals surface area contributed by atoms with E-state index in [1.54, 1.807) is 6.92 Å². The zero-order chi connectivity index (χ0) is 16.3. The van der Waals surface area contributed by atoms with E-state index in [-0.39, 0.29) is 12.2 Å². The Kier molecular flexibility index (Phi) is 5.31. The van der Waals surface area contributed by atoms with Crippen molar-refractivity contribution >= 4 is 27.5 Å². The van der Waals surface area contributed by atoms with Crippen molar-refractivity contribution in [3.05, 3.63) is 27.1 Å². The van der Waals surface area contributed by atoms with Crippen LogP contribution in [0.3, 0.4) is 0 Å². The number of fused-ring (bicyclic) bond motifs is 1. The summed E-state index contributed by atoms with van der Waals surface area (Å²) in [6, 6.07) is -0.717. The Morgan fingerprint density at radius 1 is 1.41 bits per heavy atom. The Morgan fingerprint density at radius 3 is 2.82 bits per heavy atom. The van der Waals surface area contributed by atoms with Gasteiger partial charge in [-0.1, -0.05) is 0 Å². The maximum absolute atomic E-state index is 12.6. The molecule has 0 bridgehead atoms. The number of hydrogen-bond acceptors (Lipinski definition) is 6. The van der Waals surface area contributed by atoms with Crippen LogP contribution < -0.4 is 5.56 Å². The monoisotopic (exact) mass is 324 g/mol. The number of ether oxygens (including phenoxy) is 2. The summed E-state index contributed by atoms with van der Waals surface area (Å²) in [6.45, 7) is 8.46. The van der Waals surface area contributed by atoms with E-state index in [1.807, 2.05) is 20.8 Å². The van der Waals surface area contributed by atoms with E-state index in [4.69, 9.17) is 9.47 Å². The molecule has 0 amide bonds. The van der Waals surface area contributed by atoms with E-state index in [0.717, 1.165) is 10.4 Å². The van der Waals surface area contributed by atoms with Crippen LogP contribution in [0.15, 0.2) is 11.1 Å². The van der Waals surface area contributed by atoms with Gasteiger partial charge < -0.3 is 9.47 Å². The summed E-state index contributed by atoms with van der Waals surface area (Å²) < 4.78 is 11.6. The molecule has 0 fully saturated rings. The minimum Gasteiger partial charge on any atom is -0.462 e. The third-order valence-corrected chi connectivity index (χ3v) is 4.66. The highest BCUT2D eigenvalue weighted by Gasteiger charge is 2.20. The van der Waals surface area contributed by atoms with Crippen molar-refractivity contribution in [3.8, 4) is 0 Å². The highest BCUT2D eigenvalue weighted by molar-refractivity contribution is 7.18. The fourth-order valence-corrected chi connectivity index (χ4v) is 3.09. The lowest BCUT2D eigenvalue weighted by Crippen LogP contribution is -2.30. The molecule has 2 heterocycles. The summed E-state index contributed by atoms with van der Waals surface area (Å²) in [5.41, 5.74) is 0.713. The van der Waals surface area contributed by atoms with Crippen LogP contribution in [0.25, 0.3) is 10.2 Å². The Morgan fingerprint density at radius 2 is 2.14 bits per heavy atom. The van der Waals surface area contributed by atoms with E-state index in [9.17, 15) is 9.59 Å². The van der Waals surface area contributed by atoms with E-state index in [2.05, 4.69) is 4.98 Å². The lowest BCUT2D eigenvalue weighted by molar-refractivity contribution is -0.148. The second-order valence-corrected chi connectivity index (χ2v) is 6.16. The van der Waals surface area contributed by atoms with E-state index in [0.29, 0.717) is 23.4 Å². The molecule has 7 heteroatoms. The maximum atomic E-state index is 12.6. The molecular formula is C15H20N2O4S. The second-order valence-electron chi connectivity index (χ2n) is 4.96. The van der Waals surface area contributed by atoms with Crippen LogP contribution in [0.4, 0.5) is 0 Å². The maximum Gasteiger partial charge on any atom is 0.329 e. The molecule has 0 saturated heterocycles. The number of aromatic nitrogens is 2. The normalized spacial score (nSPS) is 12.5. The number of hydrogen-bond donors (Lipinski definition) is 0. The summed E-state index contributed by atoms with van der Waals surface area (Å²) in [5.74, 6) is -0.465. The van der Waals surface area contributed by atoms with Crippen LogP contribution in [0.2, 0.25) is 0 Å². The average Bonchev–Trinajstić information content (AvgIpc) is 2.79. The molecule has 6 nitrogen and oxygen atoms in total. The summed E-state index contributed by atoms with van der Waals surface area (Å²) in [4.78, 5) is 30.7. The standard InChI is InChI=1S/C15H20N2O4S/c1-5-20-6-7-21-15(19)10(3)17-8-16-13-12(14(17)18)9(2)11(4)22-13/h8,10H,5-7H2,1-4H3/t10-/m0/s1. The number of aryl methyl sites for hydroxylation is 2. The molecule has 0 aliphatic rings. The van der Waals surface area contributed by atoms with Gasteiger partial charge in [-0.2, -0.15) is 0 Å². The fraction of sp³-hybridized carbons (Fsp3) is 0.533. The van der Waals surface area contributed by atoms with Gasteiger partial charge in [0, 0.05) is 11.5 Å². The molecule has 2 rings (SSSR count). The number of esters is 1. The van der Waals surface area contributed by atoms with Gasteiger partial charge in [-0.15, -0.1) is 11.3 Å². The minimum absolute atomic E-state index is 0.179. The largest absolute Gasteiger partial charge is 0.462 e. The highest BCUT2D eigenvalue weighted by atomic mass is 32.1. The molecule has 0 radical (unpaired) electrons. The average molecular weight is 324 g/mol. The van der Waals surface area contributed by atoms with E-state index >= 15 is 0 Å². The molecule has 0 aromatic carbocycles.